The molecule has 1 aliphatic heterocycles. The Labute approximate surface area is 236 Å². The van der Waals surface area contributed by atoms with E-state index in [-0.39, 0.29) is 11.9 Å². The zero-order valence-corrected chi connectivity index (χ0v) is 24.6. The van der Waals surface area contributed by atoms with Gasteiger partial charge in [-0.2, -0.15) is 13.2 Å². The van der Waals surface area contributed by atoms with Crippen molar-refractivity contribution in [2.24, 2.45) is 5.73 Å². The number of allylic oxidation sites excluding steroid dienone is 4. The lowest BCUT2D eigenvalue weighted by Crippen LogP contribution is -2.46. The van der Waals surface area contributed by atoms with Crippen LogP contribution in [-0.2, 0) is 22.3 Å². The van der Waals surface area contributed by atoms with E-state index in [0.29, 0.717) is 17.9 Å². The Morgan fingerprint density at radius 1 is 1.12 bits per heavy atom. The first-order chi connectivity index (χ1) is 19.2. The quantitative estimate of drug-likeness (QED) is 0.424. The first-order valence-corrected chi connectivity index (χ1v) is 13.9. The largest absolute Gasteiger partial charge is 0.501 e. The Kier molecular flexibility index (Phi) is 12.9. The molecule has 1 amide bonds. The van der Waals surface area contributed by atoms with Crippen LogP contribution in [0.1, 0.15) is 69.8 Å². The van der Waals surface area contributed by atoms with Crippen molar-refractivity contribution in [3.8, 4) is 11.4 Å². The summed E-state index contributed by atoms with van der Waals surface area (Å²) in [6.45, 7) is 9.89. The zero-order chi connectivity index (χ0) is 29.9. The molecule has 7 nitrogen and oxygen atoms in total. The van der Waals surface area contributed by atoms with E-state index in [9.17, 15) is 18.0 Å². The maximum absolute atomic E-state index is 12.9. The molecule has 4 rings (SSSR count). The summed E-state index contributed by atoms with van der Waals surface area (Å²) in [4.78, 5) is 24.8. The van der Waals surface area contributed by atoms with Crippen molar-refractivity contribution in [3.05, 3.63) is 64.8 Å². The molecule has 2 heterocycles. The first kappa shape index (κ1) is 33.1. The van der Waals surface area contributed by atoms with E-state index in [0.717, 1.165) is 80.2 Å². The Hall–Kier alpha value is -3.11. The van der Waals surface area contributed by atoms with E-state index in [1.165, 1.54) is 19.2 Å². The maximum Gasteiger partial charge on any atom is 0.416 e. The number of imidazole rings is 1. The summed E-state index contributed by atoms with van der Waals surface area (Å²) in [5, 5.41) is 0. The third-order valence-corrected chi connectivity index (χ3v) is 7.00. The number of hydrogen-bond acceptors (Lipinski definition) is 5. The monoisotopic (exact) mass is 563 g/mol. The SMILES string of the molecule is CC.CN.COC1=CC=C(N(C(C)=O)C2CCN(Cc3nc(-c4ccc(C(F)(F)F)cc4)[nH]c3C)CC2)CCC1. The second kappa shape index (κ2) is 15.6. The minimum Gasteiger partial charge on any atom is -0.501 e. The van der Waals surface area contributed by atoms with Crippen molar-refractivity contribution < 1.29 is 22.7 Å². The van der Waals surface area contributed by atoms with Crippen molar-refractivity contribution in [2.75, 3.05) is 27.2 Å². The highest BCUT2D eigenvalue weighted by molar-refractivity contribution is 5.76. The number of nitrogens with one attached hydrogen (secondary N) is 1. The van der Waals surface area contributed by atoms with Crippen LogP contribution >= 0.6 is 0 Å². The number of amides is 1. The fourth-order valence-electron chi connectivity index (χ4n) is 5.02. The van der Waals surface area contributed by atoms with Gasteiger partial charge in [-0.05, 0) is 63.9 Å². The number of nitrogens with two attached hydrogens (primary N) is 1. The summed E-state index contributed by atoms with van der Waals surface area (Å²) in [5.74, 6) is 1.57. The molecule has 2 aliphatic rings. The standard InChI is InChI=1S/C27H33F3N4O2.C2H6.CH5N/c1-18-25(32-26(31-18)20-7-9-21(10-8-20)27(28,29)30)17-33-15-13-23(14-16-33)34(19(2)35)22-5-4-6-24(36-3)12-11-22;2*1-2/h7-12,23H,4-6,13-17H2,1-3H3,(H,31,32);1-2H3;2H2,1H3. The molecule has 40 heavy (non-hydrogen) atoms. The van der Waals surface area contributed by atoms with Crippen LogP contribution in [0.3, 0.4) is 0 Å². The van der Waals surface area contributed by atoms with E-state index >= 15 is 0 Å². The van der Waals surface area contributed by atoms with E-state index < -0.39 is 11.7 Å². The van der Waals surface area contributed by atoms with Crippen LogP contribution in [0.5, 0.6) is 0 Å². The Morgan fingerprint density at radius 3 is 2.30 bits per heavy atom. The third-order valence-electron chi connectivity index (χ3n) is 7.00. The molecule has 0 radical (unpaired) electrons. The Morgan fingerprint density at radius 2 is 1.75 bits per heavy atom. The summed E-state index contributed by atoms with van der Waals surface area (Å²) < 4.78 is 44.0. The molecular weight excluding hydrogens is 519 g/mol. The molecule has 222 valence electrons. The van der Waals surface area contributed by atoms with Crippen LogP contribution < -0.4 is 5.73 Å². The lowest BCUT2D eigenvalue weighted by Gasteiger charge is -2.39. The van der Waals surface area contributed by atoms with Gasteiger partial charge in [0.15, 0.2) is 0 Å². The molecule has 1 saturated heterocycles. The number of carbonyl (C=O) groups is 1. The molecule has 0 saturated carbocycles. The molecule has 0 unspecified atom stereocenters. The van der Waals surface area contributed by atoms with Gasteiger partial charge in [0.25, 0.3) is 0 Å². The number of carbonyl (C=O) groups excluding carboxylic acids is 1. The number of H-pyrrole nitrogens is 1. The van der Waals surface area contributed by atoms with E-state index in [2.05, 4.69) is 20.6 Å². The molecule has 2 aromatic rings. The number of ether oxygens (including phenoxy) is 1. The molecule has 1 fully saturated rings. The van der Waals surface area contributed by atoms with Crippen LogP contribution in [0, 0.1) is 6.92 Å². The van der Waals surface area contributed by atoms with Crippen LogP contribution in [0.25, 0.3) is 11.4 Å². The molecule has 1 aliphatic carbocycles. The average molecular weight is 564 g/mol. The summed E-state index contributed by atoms with van der Waals surface area (Å²) in [7, 11) is 3.18. The minimum atomic E-state index is -4.36. The van der Waals surface area contributed by atoms with Gasteiger partial charge in [0.2, 0.25) is 5.91 Å². The second-order valence-electron chi connectivity index (χ2n) is 9.48. The highest BCUT2D eigenvalue weighted by atomic mass is 19.4. The number of nitrogens with zero attached hydrogens (tertiary/aromatic N) is 3. The van der Waals surface area contributed by atoms with Gasteiger partial charge >= 0.3 is 6.18 Å². The predicted molar refractivity (Wildman–Crippen MR) is 153 cm³/mol. The van der Waals surface area contributed by atoms with E-state index in [1.54, 1.807) is 14.0 Å². The normalized spacial score (nSPS) is 16.4. The van der Waals surface area contributed by atoms with Gasteiger partial charge in [-0.15, -0.1) is 0 Å². The first-order valence-electron chi connectivity index (χ1n) is 13.9. The Balaban J connectivity index is 0.00000134. The van der Waals surface area contributed by atoms with Crippen LogP contribution in [-0.4, -0.2) is 59.0 Å². The summed E-state index contributed by atoms with van der Waals surface area (Å²) in [6.07, 6.45) is 4.05. The number of aryl methyl sites for hydroxylation is 1. The lowest BCUT2D eigenvalue weighted by molar-refractivity contribution is -0.137. The molecule has 1 aromatic carbocycles. The fourth-order valence-corrected chi connectivity index (χ4v) is 5.02. The van der Waals surface area contributed by atoms with Crippen LogP contribution in [0.2, 0.25) is 0 Å². The number of aromatic amines is 1. The minimum absolute atomic E-state index is 0.0679. The number of methoxy groups -OCH3 is 1. The number of alkyl halides is 3. The molecule has 3 N–H and O–H groups in total. The number of piperidine rings is 1. The Bertz CT molecular complexity index is 1130. The van der Waals surface area contributed by atoms with Gasteiger partial charge in [0.1, 0.15) is 5.82 Å². The highest BCUT2D eigenvalue weighted by Gasteiger charge is 2.31. The fraction of sp³-hybridized carbons (Fsp3) is 0.533. The zero-order valence-electron chi connectivity index (χ0n) is 24.6. The van der Waals surface area contributed by atoms with Gasteiger partial charge in [-0.3, -0.25) is 9.69 Å². The summed E-state index contributed by atoms with van der Waals surface area (Å²) in [6, 6.07) is 5.20. The topological polar surface area (TPSA) is 87.5 Å². The predicted octanol–water partition coefficient (Wildman–Crippen LogP) is 6.42. The molecule has 0 bridgehead atoms. The lowest BCUT2D eigenvalue weighted by atomic mass is 10.0. The van der Waals surface area contributed by atoms with E-state index in [1.807, 2.05) is 37.8 Å². The van der Waals surface area contributed by atoms with Gasteiger partial charge in [-0.1, -0.05) is 26.0 Å². The third kappa shape index (κ3) is 8.69. The highest BCUT2D eigenvalue weighted by Crippen LogP contribution is 2.31. The van der Waals surface area contributed by atoms with Crippen molar-refractivity contribution in [3.63, 3.8) is 0 Å². The van der Waals surface area contributed by atoms with Crippen molar-refractivity contribution in [2.45, 2.75) is 78.6 Å². The number of hydrogen-bond donors (Lipinski definition) is 2. The summed E-state index contributed by atoms with van der Waals surface area (Å²) >= 11 is 0. The van der Waals surface area contributed by atoms with E-state index in [4.69, 9.17) is 4.74 Å². The molecule has 0 atom stereocenters. The number of benzene rings is 1. The van der Waals surface area contributed by atoms with Crippen molar-refractivity contribution in [1.29, 1.82) is 0 Å². The van der Waals surface area contributed by atoms with Crippen molar-refractivity contribution in [1.82, 2.24) is 19.8 Å². The second-order valence-corrected chi connectivity index (χ2v) is 9.48. The maximum atomic E-state index is 12.9. The number of likely N-dealkylation sites (tertiary alicyclic amines) is 1. The van der Waals surface area contributed by atoms with Gasteiger partial charge in [-0.25, -0.2) is 4.98 Å². The van der Waals surface area contributed by atoms with Gasteiger partial charge in [0.05, 0.1) is 24.1 Å². The molecule has 10 heteroatoms. The average Bonchev–Trinajstić information content (AvgIpc) is 3.16. The van der Waals surface area contributed by atoms with Gasteiger partial charge < -0.3 is 20.4 Å². The molecule has 0 spiro atoms. The number of rotatable bonds is 6. The summed E-state index contributed by atoms with van der Waals surface area (Å²) in [5.41, 5.74) is 7.29. The van der Waals surface area contributed by atoms with Gasteiger partial charge in [0, 0.05) is 56.0 Å². The van der Waals surface area contributed by atoms with Crippen LogP contribution in [0.4, 0.5) is 13.2 Å². The smallest absolute Gasteiger partial charge is 0.416 e. The van der Waals surface area contributed by atoms with Crippen molar-refractivity contribution >= 4 is 5.91 Å². The molecule has 1 aromatic heterocycles. The van der Waals surface area contributed by atoms with Crippen LogP contribution in [0.15, 0.2) is 47.9 Å². The number of aromatic nitrogens is 2. The molecular formula is C30H44F3N5O2. The number of halogens is 3.